The third-order valence-electron chi connectivity index (χ3n) is 5.34. The first-order valence-corrected chi connectivity index (χ1v) is 11.9. The number of nitrogens with two attached hydrogens (primary N) is 1. The summed E-state index contributed by atoms with van der Waals surface area (Å²) in [5.74, 6) is 0.509. The molecule has 1 amide bonds. The van der Waals surface area contributed by atoms with Crippen molar-refractivity contribution in [2.75, 3.05) is 29.5 Å². The third kappa shape index (κ3) is 5.91. The number of anilines is 2. The van der Waals surface area contributed by atoms with E-state index in [0.29, 0.717) is 24.4 Å². The SMILES string of the molecule is NCc1ccc(C(=O)Nc2ccncc2)cc1-c1cccc(NCCSC2CCOC2=O)c1. The van der Waals surface area contributed by atoms with Crippen molar-refractivity contribution in [3.8, 4) is 11.1 Å². The highest BCUT2D eigenvalue weighted by molar-refractivity contribution is 8.00. The van der Waals surface area contributed by atoms with E-state index in [1.807, 2.05) is 36.4 Å². The Kier molecular flexibility index (Phi) is 7.59. The fourth-order valence-electron chi connectivity index (χ4n) is 3.62. The van der Waals surface area contributed by atoms with E-state index in [-0.39, 0.29) is 17.1 Å². The molecule has 0 radical (unpaired) electrons. The van der Waals surface area contributed by atoms with Gasteiger partial charge < -0.3 is 21.1 Å². The zero-order valence-corrected chi connectivity index (χ0v) is 18.9. The number of hydrogen-bond acceptors (Lipinski definition) is 7. The largest absolute Gasteiger partial charge is 0.465 e. The van der Waals surface area contributed by atoms with Crippen molar-refractivity contribution in [3.63, 3.8) is 0 Å². The van der Waals surface area contributed by atoms with Crippen LogP contribution in [0.5, 0.6) is 0 Å². The number of cyclic esters (lactones) is 1. The molecule has 1 aromatic heterocycles. The molecule has 1 atom stereocenters. The number of thioether (sulfide) groups is 1. The summed E-state index contributed by atoms with van der Waals surface area (Å²) in [6.07, 6.45) is 4.05. The fraction of sp³-hybridized carbons (Fsp3) is 0.240. The summed E-state index contributed by atoms with van der Waals surface area (Å²) in [5.41, 5.74) is 11.1. The smallest absolute Gasteiger partial charge is 0.319 e. The topological polar surface area (TPSA) is 106 Å². The van der Waals surface area contributed by atoms with Crippen molar-refractivity contribution < 1.29 is 14.3 Å². The predicted octanol–water partition coefficient (Wildman–Crippen LogP) is 3.92. The molecule has 1 saturated heterocycles. The average molecular weight is 463 g/mol. The normalized spacial score (nSPS) is 15.2. The number of carbonyl (C=O) groups excluding carboxylic acids is 2. The maximum atomic E-state index is 12.8. The van der Waals surface area contributed by atoms with Crippen LogP contribution in [0.1, 0.15) is 22.3 Å². The number of ether oxygens (including phenoxy) is 1. The van der Waals surface area contributed by atoms with Crippen molar-refractivity contribution >= 4 is 35.0 Å². The minimum atomic E-state index is -0.192. The molecule has 4 rings (SSSR count). The molecule has 2 aromatic carbocycles. The number of carbonyl (C=O) groups is 2. The zero-order valence-electron chi connectivity index (χ0n) is 18.1. The molecule has 1 fully saturated rings. The second-order valence-electron chi connectivity index (χ2n) is 7.59. The molecule has 7 nitrogen and oxygen atoms in total. The van der Waals surface area contributed by atoms with Gasteiger partial charge >= 0.3 is 5.97 Å². The van der Waals surface area contributed by atoms with Gasteiger partial charge in [-0.05, 0) is 53.1 Å². The Labute approximate surface area is 197 Å². The van der Waals surface area contributed by atoms with Crippen LogP contribution in [0.2, 0.25) is 0 Å². The van der Waals surface area contributed by atoms with E-state index < -0.39 is 0 Å². The maximum absolute atomic E-state index is 12.8. The number of amides is 1. The first-order valence-electron chi connectivity index (χ1n) is 10.8. The lowest BCUT2D eigenvalue weighted by molar-refractivity contribution is -0.137. The highest BCUT2D eigenvalue weighted by Crippen LogP contribution is 2.28. The van der Waals surface area contributed by atoms with Crippen LogP contribution in [-0.2, 0) is 16.1 Å². The second-order valence-corrected chi connectivity index (χ2v) is 8.90. The molecule has 3 aromatic rings. The minimum Gasteiger partial charge on any atom is -0.465 e. The minimum absolute atomic E-state index is 0.0497. The van der Waals surface area contributed by atoms with Crippen molar-refractivity contribution in [2.45, 2.75) is 18.2 Å². The first kappa shape index (κ1) is 22.8. The van der Waals surface area contributed by atoms with Gasteiger partial charge in [0.05, 0.1) is 6.61 Å². The molecular formula is C25H26N4O3S. The molecule has 0 bridgehead atoms. The van der Waals surface area contributed by atoms with Gasteiger partial charge in [0.15, 0.2) is 0 Å². The van der Waals surface area contributed by atoms with Crippen LogP contribution in [0.25, 0.3) is 11.1 Å². The Morgan fingerprint density at radius 1 is 1.12 bits per heavy atom. The Bertz CT molecular complexity index is 1120. The van der Waals surface area contributed by atoms with E-state index in [1.165, 1.54) is 0 Å². The molecule has 4 N–H and O–H groups in total. The summed E-state index contributed by atoms with van der Waals surface area (Å²) in [5, 5.41) is 6.25. The summed E-state index contributed by atoms with van der Waals surface area (Å²) >= 11 is 1.62. The molecule has 8 heteroatoms. The molecule has 170 valence electrons. The molecule has 0 spiro atoms. The molecule has 33 heavy (non-hydrogen) atoms. The van der Waals surface area contributed by atoms with E-state index in [2.05, 4.69) is 15.6 Å². The fourth-order valence-corrected chi connectivity index (χ4v) is 4.60. The number of nitrogens with one attached hydrogen (secondary N) is 2. The van der Waals surface area contributed by atoms with E-state index in [0.717, 1.165) is 41.1 Å². The van der Waals surface area contributed by atoms with Crippen molar-refractivity contribution in [2.24, 2.45) is 5.73 Å². The summed E-state index contributed by atoms with van der Waals surface area (Å²) in [4.78, 5) is 28.3. The lowest BCUT2D eigenvalue weighted by Crippen LogP contribution is -2.13. The van der Waals surface area contributed by atoms with Gasteiger partial charge in [-0.2, -0.15) is 0 Å². The van der Waals surface area contributed by atoms with Crippen molar-refractivity contribution in [3.05, 3.63) is 78.1 Å². The van der Waals surface area contributed by atoms with Crippen LogP contribution < -0.4 is 16.4 Å². The predicted molar refractivity (Wildman–Crippen MR) is 132 cm³/mol. The Morgan fingerprint density at radius 2 is 1.97 bits per heavy atom. The molecule has 1 aliphatic rings. The van der Waals surface area contributed by atoms with Crippen LogP contribution >= 0.6 is 11.8 Å². The Morgan fingerprint density at radius 3 is 2.73 bits per heavy atom. The van der Waals surface area contributed by atoms with E-state index in [9.17, 15) is 9.59 Å². The second kappa shape index (κ2) is 11.0. The molecule has 1 aliphatic heterocycles. The average Bonchev–Trinajstić information content (AvgIpc) is 3.26. The number of benzene rings is 2. The van der Waals surface area contributed by atoms with Crippen LogP contribution in [0.4, 0.5) is 11.4 Å². The summed E-state index contributed by atoms with van der Waals surface area (Å²) in [6, 6.07) is 17.1. The number of nitrogens with zero attached hydrogens (tertiary/aromatic N) is 1. The highest BCUT2D eigenvalue weighted by Gasteiger charge is 2.26. The van der Waals surface area contributed by atoms with Gasteiger partial charge in [-0.15, -0.1) is 11.8 Å². The highest BCUT2D eigenvalue weighted by atomic mass is 32.2. The van der Waals surface area contributed by atoms with E-state index in [4.69, 9.17) is 10.5 Å². The van der Waals surface area contributed by atoms with Gasteiger partial charge in [0.25, 0.3) is 5.91 Å². The van der Waals surface area contributed by atoms with Crippen LogP contribution in [0, 0.1) is 0 Å². The van der Waals surface area contributed by atoms with Gasteiger partial charge in [-0.3, -0.25) is 14.6 Å². The van der Waals surface area contributed by atoms with Gasteiger partial charge in [0.2, 0.25) is 0 Å². The van der Waals surface area contributed by atoms with Crippen LogP contribution in [0.15, 0.2) is 67.0 Å². The van der Waals surface area contributed by atoms with Gasteiger partial charge in [0.1, 0.15) is 5.25 Å². The number of hydrogen-bond donors (Lipinski definition) is 3. The van der Waals surface area contributed by atoms with Crippen LogP contribution in [0.3, 0.4) is 0 Å². The van der Waals surface area contributed by atoms with Gasteiger partial charge in [0, 0.05) is 54.6 Å². The Hall–Kier alpha value is -3.36. The number of aromatic nitrogens is 1. The lowest BCUT2D eigenvalue weighted by Gasteiger charge is -2.13. The zero-order chi connectivity index (χ0) is 23.0. The summed E-state index contributed by atoms with van der Waals surface area (Å²) < 4.78 is 5.01. The monoisotopic (exact) mass is 462 g/mol. The van der Waals surface area contributed by atoms with Gasteiger partial charge in [-0.1, -0.05) is 18.2 Å². The number of esters is 1. The van der Waals surface area contributed by atoms with Gasteiger partial charge in [-0.25, -0.2) is 0 Å². The van der Waals surface area contributed by atoms with E-state index >= 15 is 0 Å². The first-order chi connectivity index (χ1) is 16.1. The molecule has 0 saturated carbocycles. The lowest BCUT2D eigenvalue weighted by atomic mass is 9.96. The number of rotatable bonds is 9. The quantitative estimate of drug-likeness (QED) is 0.327. The summed E-state index contributed by atoms with van der Waals surface area (Å²) in [7, 11) is 0. The Balaban J connectivity index is 1.45. The molecule has 1 unspecified atom stereocenters. The standard InChI is InChI=1S/C25H26N4O3S/c26-16-19-5-4-18(24(30)29-20-6-9-27-10-7-20)15-22(19)17-2-1-3-21(14-17)28-11-13-33-23-8-12-32-25(23)31/h1-7,9-10,14-15,23,28H,8,11-13,16,26H2,(H,27,29,30). The van der Waals surface area contributed by atoms with Crippen molar-refractivity contribution in [1.29, 1.82) is 0 Å². The maximum Gasteiger partial charge on any atom is 0.319 e. The molecule has 2 heterocycles. The van der Waals surface area contributed by atoms with Crippen molar-refractivity contribution in [1.82, 2.24) is 4.98 Å². The molecular weight excluding hydrogens is 436 g/mol. The summed E-state index contributed by atoms with van der Waals surface area (Å²) in [6.45, 7) is 1.62. The number of pyridine rings is 1. The molecule has 0 aliphatic carbocycles. The van der Waals surface area contributed by atoms with Crippen LogP contribution in [-0.4, -0.2) is 41.0 Å². The third-order valence-corrected chi connectivity index (χ3v) is 6.61. The van der Waals surface area contributed by atoms with E-state index in [1.54, 1.807) is 42.4 Å².